The van der Waals surface area contributed by atoms with E-state index in [9.17, 15) is 13.2 Å². The fourth-order valence-corrected chi connectivity index (χ4v) is 2.74. The Morgan fingerprint density at radius 1 is 1.05 bits per heavy atom. The Bertz CT molecular complexity index is 752. The number of thiazole rings is 1. The summed E-state index contributed by atoms with van der Waals surface area (Å²) in [7, 11) is 0. The Morgan fingerprint density at radius 2 is 1.81 bits per heavy atom. The topological polar surface area (TPSA) is 22.1 Å². The van der Waals surface area contributed by atoms with Crippen LogP contribution in [0.2, 0.25) is 0 Å². The highest BCUT2D eigenvalue weighted by Gasteiger charge is 2.30. The highest BCUT2D eigenvalue weighted by atomic mass is 32.1. The summed E-state index contributed by atoms with van der Waals surface area (Å²) in [6.07, 6.45) is -4.35. The van der Waals surface area contributed by atoms with Gasteiger partial charge in [-0.05, 0) is 30.3 Å². The first-order valence-electron chi connectivity index (χ1n) is 6.17. The number of alkyl halides is 3. The summed E-state index contributed by atoms with van der Waals surface area (Å²) in [5.74, 6) is 0.702. The molecule has 1 heterocycles. The van der Waals surface area contributed by atoms with Crippen molar-refractivity contribution in [2.24, 2.45) is 0 Å². The predicted molar refractivity (Wildman–Crippen MR) is 75.4 cm³/mol. The number of benzene rings is 2. The maximum Gasteiger partial charge on any atom is 0.416 e. The summed E-state index contributed by atoms with van der Waals surface area (Å²) in [5.41, 5.74) is -0.336. The third kappa shape index (κ3) is 3.16. The Labute approximate surface area is 122 Å². The summed E-state index contributed by atoms with van der Waals surface area (Å²) in [5, 5.41) is 0.646. The van der Waals surface area contributed by atoms with E-state index in [-0.39, 0.29) is 6.61 Å². The number of halogens is 3. The zero-order valence-corrected chi connectivity index (χ0v) is 11.5. The molecule has 6 heteroatoms. The zero-order valence-electron chi connectivity index (χ0n) is 10.7. The molecule has 0 saturated carbocycles. The number of fused-ring (bicyclic) bond motifs is 1. The molecule has 2 aromatic carbocycles. The van der Waals surface area contributed by atoms with Crippen molar-refractivity contribution >= 4 is 21.6 Å². The molecular formula is C15H10F3NOS. The third-order valence-electron chi connectivity index (χ3n) is 2.86. The number of hydrogen-bond donors (Lipinski definition) is 0. The minimum atomic E-state index is -4.35. The lowest BCUT2D eigenvalue weighted by Gasteiger charge is -2.04. The summed E-state index contributed by atoms with van der Waals surface area (Å²) in [4.78, 5) is 4.20. The largest absolute Gasteiger partial charge is 0.486 e. The van der Waals surface area contributed by atoms with E-state index >= 15 is 0 Å². The van der Waals surface area contributed by atoms with Crippen LogP contribution in [0.3, 0.4) is 0 Å². The van der Waals surface area contributed by atoms with Gasteiger partial charge in [0.15, 0.2) is 0 Å². The van der Waals surface area contributed by atoms with Gasteiger partial charge in [0.2, 0.25) is 0 Å². The van der Waals surface area contributed by atoms with Gasteiger partial charge in [0.25, 0.3) is 0 Å². The minimum absolute atomic E-state index is 0.241. The highest BCUT2D eigenvalue weighted by molar-refractivity contribution is 7.18. The molecule has 0 N–H and O–H groups in total. The molecule has 0 aliphatic carbocycles. The Morgan fingerprint density at radius 3 is 2.52 bits per heavy atom. The molecule has 0 atom stereocenters. The second-order valence-corrected chi connectivity index (χ2v) is 5.50. The maximum atomic E-state index is 12.6. The number of nitrogens with zero attached hydrogens (tertiary/aromatic N) is 1. The number of rotatable bonds is 3. The van der Waals surface area contributed by atoms with Gasteiger partial charge in [-0.1, -0.05) is 18.2 Å². The van der Waals surface area contributed by atoms with Crippen LogP contribution in [0.4, 0.5) is 13.2 Å². The van der Waals surface area contributed by atoms with Gasteiger partial charge in [0.1, 0.15) is 17.4 Å². The van der Waals surface area contributed by atoms with Gasteiger partial charge < -0.3 is 4.74 Å². The standard InChI is InChI=1S/C15H10F3NOS/c16-15(17,18)10-6-7-13-12(8-10)19-14(21-13)9-20-11-4-2-1-3-5-11/h1-8H,9H2. The maximum absolute atomic E-state index is 12.6. The van der Waals surface area contributed by atoms with Crippen LogP contribution < -0.4 is 4.74 Å². The van der Waals surface area contributed by atoms with Crippen LogP contribution in [0.5, 0.6) is 5.75 Å². The van der Waals surface area contributed by atoms with Gasteiger partial charge >= 0.3 is 6.18 Å². The van der Waals surface area contributed by atoms with Crippen LogP contribution in [-0.2, 0) is 12.8 Å². The van der Waals surface area contributed by atoms with E-state index in [4.69, 9.17) is 4.74 Å². The fraction of sp³-hybridized carbons (Fsp3) is 0.133. The molecule has 3 rings (SSSR count). The summed E-state index contributed by atoms with van der Waals surface area (Å²) >= 11 is 1.33. The van der Waals surface area contributed by atoms with Gasteiger partial charge in [-0.15, -0.1) is 11.3 Å². The highest BCUT2D eigenvalue weighted by Crippen LogP contribution is 2.33. The number of para-hydroxylation sites is 1. The Hall–Kier alpha value is -2.08. The van der Waals surface area contributed by atoms with Crippen LogP contribution in [0.25, 0.3) is 10.2 Å². The first kappa shape index (κ1) is 13.9. The third-order valence-corrected chi connectivity index (χ3v) is 3.87. The minimum Gasteiger partial charge on any atom is -0.486 e. The molecule has 2 nitrogen and oxygen atoms in total. The van der Waals surface area contributed by atoms with Crippen LogP contribution in [0, 0.1) is 0 Å². The molecule has 0 fully saturated rings. The second-order valence-electron chi connectivity index (χ2n) is 4.39. The molecule has 0 aliphatic rings. The molecule has 0 unspecified atom stereocenters. The van der Waals surface area contributed by atoms with Crippen molar-refractivity contribution < 1.29 is 17.9 Å². The van der Waals surface area contributed by atoms with Crippen molar-refractivity contribution in [1.82, 2.24) is 4.98 Å². The number of ether oxygens (including phenoxy) is 1. The first-order valence-corrected chi connectivity index (χ1v) is 6.98. The van der Waals surface area contributed by atoms with E-state index < -0.39 is 11.7 Å². The molecule has 0 bridgehead atoms. The predicted octanol–water partition coefficient (Wildman–Crippen LogP) is 4.89. The summed E-state index contributed by atoms with van der Waals surface area (Å²) < 4.78 is 44.2. The van der Waals surface area contributed by atoms with Crippen LogP contribution in [-0.4, -0.2) is 4.98 Å². The van der Waals surface area contributed by atoms with Gasteiger partial charge in [0.05, 0.1) is 15.8 Å². The van der Waals surface area contributed by atoms with Crippen molar-refractivity contribution in [3.8, 4) is 5.75 Å². The van der Waals surface area contributed by atoms with E-state index in [1.54, 1.807) is 0 Å². The first-order chi connectivity index (χ1) is 10.0. The molecular weight excluding hydrogens is 299 g/mol. The van der Waals surface area contributed by atoms with Gasteiger partial charge in [-0.25, -0.2) is 4.98 Å². The summed E-state index contributed by atoms with van der Waals surface area (Å²) in [6, 6.07) is 12.8. The van der Waals surface area contributed by atoms with Crippen LogP contribution in [0.1, 0.15) is 10.6 Å². The van der Waals surface area contributed by atoms with Crippen LogP contribution in [0.15, 0.2) is 48.5 Å². The molecule has 0 spiro atoms. The SMILES string of the molecule is FC(F)(F)c1ccc2sc(COc3ccccc3)nc2c1. The van der Waals surface area contributed by atoms with Crippen molar-refractivity contribution in [3.63, 3.8) is 0 Å². The van der Waals surface area contributed by atoms with Crippen molar-refractivity contribution in [1.29, 1.82) is 0 Å². The number of aromatic nitrogens is 1. The van der Waals surface area contributed by atoms with E-state index in [0.717, 1.165) is 16.8 Å². The molecule has 1 aromatic heterocycles. The summed E-state index contributed by atoms with van der Waals surface area (Å²) in [6.45, 7) is 0.241. The van der Waals surface area contributed by atoms with Gasteiger partial charge in [-0.3, -0.25) is 0 Å². The van der Waals surface area contributed by atoms with Gasteiger partial charge in [0, 0.05) is 0 Å². The lowest BCUT2D eigenvalue weighted by Crippen LogP contribution is -2.04. The number of hydrogen-bond acceptors (Lipinski definition) is 3. The van der Waals surface area contributed by atoms with E-state index in [1.807, 2.05) is 30.3 Å². The van der Waals surface area contributed by atoms with Crippen molar-refractivity contribution in [2.75, 3.05) is 0 Å². The van der Waals surface area contributed by atoms with Crippen molar-refractivity contribution in [3.05, 3.63) is 59.1 Å². The molecule has 21 heavy (non-hydrogen) atoms. The van der Waals surface area contributed by atoms with Crippen molar-refractivity contribution in [2.45, 2.75) is 12.8 Å². The Balaban J connectivity index is 1.81. The smallest absolute Gasteiger partial charge is 0.416 e. The van der Waals surface area contributed by atoms with Gasteiger partial charge in [-0.2, -0.15) is 13.2 Å². The van der Waals surface area contributed by atoms with E-state index in [1.165, 1.54) is 17.4 Å². The average Bonchev–Trinajstić information content (AvgIpc) is 2.87. The Kier molecular flexibility index (Phi) is 3.55. The van der Waals surface area contributed by atoms with E-state index in [2.05, 4.69) is 4.98 Å². The average molecular weight is 309 g/mol. The molecule has 0 amide bonds. The quantitative estimate of drug-likeness (QED) is 0.687. The molecule has 0 saturated heterocycles. The fourth-order valence-electron chi connectivity index (χ4n) is 1.88. The monoisotopic (exact) mass is 309 g/mol. The lowest BCUT2D eigenvalue weighted by atomic mass is 10.2. The molecule has 0 radical (unpaired) electrons. The zero-order chi connectivity index (χ0) is 14.9. The second kappa shape index (κ2) is 5.37. The molecule has 3 aromatic rings. The van der Waals surface area contributed by atoms with E-state index in [0.29, 0.717) is 16.3 Å². The van der Waals surface area contributed by atoms with Crippen LogP contribution >= 0.6 is 11.3 Å². The normalized spacial score (nSPS) is 11.8. The lowest BCUT2D eigenvalue weighted by molar-refractivity contribution is -0.137. The molecule has 0 aliphatic heterocycles. The molecule has 108 valence electrons.